The third kappa shape index (κ3) is 4.02. The van der Waals surface area contributed by atoms with Crippen LogP contribution in [0.15, 0.2) is 24.3 Å². The molecule has 0 radical (unpaired) electrons. The van der Waals surface area contributed by atoms with Crippen LogP contribution in [0.2, 0.25) is 0 Å². The number of hydrogen-bond donors (Lipinski definition) is 2. The van der Waals surface area contributed by atoms with Crippen LogP contribution in [-0.4, -0.2) is 29.5 Å². The van der Waals surface area contributed by atoms with Crippen LogP contribution in [0, 0.1) is 5.82 Å². The van der Waals surface area contributed by atoms with Gasteiger partial charge in [0.15, 0.2) is 0 Å². The maximum absolute atomic E-state index is 12.8. The van der Waals surface area contributed by atoms with Gasteiger partial charge < -0.3 is 5.32 Å². The highest BCUT2D eigenvalue weighted by Gasteiger charge is 2.24. The second-order valence-electron chi connectivity index (χ2n) is 5.43. The summed E-state index contributed by atoms with van der Waals surface area (Å²) in [7, 11) is 0. The van der Waals surface area contributed by atoms with Gasteiger partial charge >= 0.3 is 0 Å². The minimum absolute atomic E-state index is 0.124. The number of benzene rings is 1. The molecule has 2 atom stereocenters. The first-order valence-corrected chi connectivity index (χ1v) is 7.13. The standard InChI is InChI=1S/C15H22FN3O/c1-11-4-3-5-12(2)19(11)17-10-15(20)18-14-8-6-13(16)7-9-14/h6-9,11-12,17H,3-5,10H2,1-2H3,(H,18,20). The predicted octanol–water partition coefficient (Wildman–Crippen LogP) is 2.53. The topological polar surface area (TPSA) is 44.4 Å². The fraction of sp³-hybridized carbons (Fsp3) is 0.533. The fourth-order valence-corrected chi connectivity index (χ4v) is 2.63. The summed E-state index contributed by atoms with van der Waals surface area (Å²) in [6.45, 7) is 4.56. The molecular weight excluding hydrogens is 257 g/mol. The van der Waals surface area contributed by atoms with Gasteiger partial charge in [-0.1, -0.05) is 6.42 Å². The van der Waals surface area contributed by atoms with Gasteiger partial charge in [-0.2, -0.15) is 0 Å². The highest BCUT2D eigenvalue weighted by atomic mass is 19.1. The van der Waals surface area contributed by atoms with Crippen LogP contribution in [0.25, 0.3) is 0 Å². The number of nitrogens with zero attached hydrogens (tertiary/aromatic N) is 1. The van der Waals surface area contributed by atoms with Gasteiger partial charge in [-0.3, -0.25) is 4.79 Å². The van der Waals surface area contributed by atoms with Crippen LogP contribution in [0.1, 0.15) is 33.1 Å². The van der Waals surface area contributed by atoms with Crippen molar-refractivity contribution in [2.24, 2.45) is 0 Å². The Morgan fingerprint density at radius 2 is 1.85 bits per heavy atom. The molecule has 0 bridgehead atoms. The lowest BCUT2D eigenvalue weighted by atomic mass is 10.00. The summed E-state index contributed by atoms with van der Waals surface area (Å²) in [5.41, 5.74) is 3.81. The monoisotopic (exact) mass is 279 g/mol. The third-order valence-electron chi connectivity index (χ3n) is 3.74. The van der Waals surface area contributed by atoms with Gasteiger partial charge in [-0.05, 0) is 51.0 Å². The SMILES string of the molecule is CC1CCCC(C)N1NCC(=O)Nc1ccc(F)cc1. The Morgan fingerprint density at radius 3 is 2.45 bits per heavy atom. The second-order valence-corrected chi connectivity index (χ2v) is 5.43. The summed E-state index contributed by atoms with van der Waals surface area (Å²) >= 11 is 0. The lowest BCUT2D eigenvalue weighted by Crippen LogP contribution is -2.53. The van der Waals surface area contributed by atoms with Gasteiger partial charge in [-0.25, -0.2) is 14.8 Å². The molecule has 1 saturated heterocycles. The summed E-state index contributed by atoms with van der Waals surface area (Å²) < 4.78 is 12.8. The van der Waals surface area contributed by atoms with Crippen LogP contribution < -0.4 is 10.7 Å². The molecule has 1 aliphatic heterocycles. The maximum atomic E-state index is 12.8. The van der Waals surface area contributed by atoms with Crippen molar-refractivity contribution in [2.75, 3.05) is 11.9 Å². The molecule has 1 amide bonds. The second kappa shape index (κ2) is 6.81. The van der Waals surface area contributed by atoms with Crippen molar-refractivity contribution in [1.82, 2.24) is 10.4 Å². The zero-order valence-electron chi connectivity index (χ0n) is 12.0. The number of amides is 1. The predicted molar refractivity (Wildman–Crippen MR) is 77.6 cm³/mol. The molecule has 0 aliphatic carbocycles. The van der Waals surface area contributed by atoms with Crippen molar-refractivity contribution in [3.05, 3.63) is 30.1 Å². The number of carbonyl (C=O) groups is 1. The van der Waals surface area contributed by atoms with E-state index in [1.807, 2.05) is 0 Å². The first kappa shape index (κ1) is 14.9. The average Bonchev–Trinajstić information content (AvgIpc) is 2.41. The number of piperidine rings is 1. The quantitative estimate of drug-likeness (QED) is 0.890. The summed E-state index contributed by atoms with van der Waals surface area (Å²) in [5, 5.41) is 4.90. The Hall–Kier alpha value is -1.46. The van der Waals surface area contributed by atoms with E-state index < -0.39 is 0 Å². The van der Waals surface area contributed by atoms with Crippen molar-refractivity contribution < 1.29 is 9.18 Å². The van der Waals surface area contributed by atoms with Crippen molar-refractivity contribution >= 4 is 11.6 Å². The smallest absolute Gasteiger partial charge is 0.239 e. The minimum Gasteiger partial charge on any atom is -0.325 e. The summed E-state index contributed by atoms with van der Waals surface area (Å²) in [6, 6.07) is 6.66. The molecule has 2 unspecified atom stereocenters. The minimum atomic E-state index is -0.308. The summed E-state index contributed by atoms with van der Waals surface area (Å²) in [4.78, 5) is 11.9. The molecule has 1 aromatic rings. The molecule has 2 N–H and O–H groups in total. The molecule has 20 heavy (non-hydrogen) atoms. The van der Waals surface area contributed by atoms with Crippen molar-refractivity contribution in [3.8, 4) is 0 Å². The largest absolute Gasteiger partial charge is 0.325 e. The van der Waals surface area contributed by atoms with Crippen LogP contribution in [-0.2, 0) is 4.79 Å². The molecular formula is C15H22FN3O. The molecule has 5 heteroatoms. The van der Waals surface area contributed by atoms with Gasteiger partial charge in [0.05, 0.1) is 6.54 Å². The Morgan fingerprint density at radius 1 is 1.25 bits per heavy atom. The average molecular weight is 279 g/mol. The summed E-state index contributed by atoms with van der Waals surface area (Å²) in [5.74, 6) is -0.432. The van der Waals surface area contributed by atoms with Crippen LogP contribution in [0.4, 0.5) is 10.1 Å². The molecule has 1 heterocycles. The highest BCUT2D eigenvalue weighted by molar-refractivity contribution is 5.92. The number of hydrogen-bond acceptors (Lipinski definition) is 3. The Balaban J connectivity index is 1.81. The first-order chi connectivity index (χ1) is 9.56. The number of hydrazine groups is 1. The lowest BCUT2D eigenvalue weighted by molar-refractivity contribution is -0.117. The van der Waals surface area contributed by atoms with Gasteiger partial charge in [0.25, 0.3) is 0 Å². The van der Waals surface area contributed by atoms with E-state index in [9.17, 15) is 9.18 Å². The Bertz CT molecular complexity index is 439. The van der Waals surface area contributed by atoms with Crippen molar-refractivity contribution in [1.29, 1.82) is 0 Å². The van der Waals surface area contributed by atoms with Gasteiger partial charge in [-0.15, -0.1) is 0 Å². The van der Waals surface area contributed by atoms with Crippen LogP contribution in [0.3, 0.4) is 0 Å². The fourth-order valence-electron chi connectivity index (χ4n) is 2.63. The van der Waals surface area contributed by atoms with E-state index in [-0.39, 0.29) is 18.3 Å². The molecule has 110 valence electrons. The van der Waals surface area contributed by atoms with Crippen molar-refractivity contribution in [2.45, 2.75) is 45.2 Å². The van der Waals surface area contributed by atoms with E-state index in [1.54, 1.807) is 12.1 Å². The molecule has 0 spiro atoms. The molecule has 0 aromatic heterocycles. The molecule has 4 nitrogen and oxygen atoms in total. The van der Waals surface area contributed by atoms with Crippen molar-refractivity contribution in [3.63, 3.8) is 0 Å². The van der Waals surface area contributed by atoms with E-state index in [4.69, 9.17) is 0 Å². The lowest BCUT2D eigenvalue weighted by Gasteiger charge is -2.38. The number of rotatable bonds is 4. The van der Waals surface area contributed by atoms with Gasteiger partial charge in [0, 0.05) is 17.8 Å². The molecule has 1 fully saturated rings. The normalized spacial score (nSPS) is 23.6. The molecule has 1 aromatic carbocycles. The Labute approximate surface area is 119 Å². The Kier molecular flexibility index (Phi) is 5.09. The van der Waals surface area contributed by atoms with Crippen LogP contribution >= 0.6 is 0 Å². The van der Waals surface area contributed by atoms with E-state index in [0.29, 0.717) is 17.8 Å². The number of nitrogens with one attached hydrogen (secondary N) is 2. The third-order valence-corrected chi connectivity index (χ3v) is 3.74. The van der Waals surface area contributed by atoms with E-state index in [0.717, 1.165) is 12.8 Å². The molecule has 1 aliphatic rings. The zero-order valence-corrected chi connectivity index (χ0v) is 12.0. The summed E-state index contributed by atoms with van der Waals surface area (Å²) in [6.07, 6.45) is 3.54. The van der Waals surface area contributed by atoms with Gasteiger partial charge in [0.1, 0.15) is 5.82 Å². The molecule has 2 rings (SSSR count). The zero-order chi connectivity index (χ0) is 14.5. The maximum Gasteiger partial charge on any atom is 0.239 e. The first-order valence-electron chi connectivity index (χ1n) is 7.13. The van der Waals surface area contributed by atoms with Gasteiger partial charge in [0.2, 0.25) is 5.91 Å². The number of carbonyl (C=O) groups excluding carboxylic acids is 1. The van der Waals surface area contributed by atoms with E-state index in [1.165, 1.54) is 18.6 Å². The molecule has 0 saturated carbocycles. The highest BCUT2D eigenvalue weighted by Crippen LogP contribution is 2.19. The van der Waals surface area contributed by atoms with E-state index >= 15 is 0 Å². The number of halogens is 1. The van der Waals surface area contributed by atoms with Crippen LogP contribution in [0.5, 0.6) is 0 Å². The number of anilines is 1. The van der Waals surface area contributed by atoms with E-state index in [2.05, 4.69) is 29.6 Å².